The average molecular weight is 207 g/mol. The van der Waals surface area contributed by atoms with E-state index in [1.165, 1.54) is 5.69 Å². The number of imidazole rings is 1. The molecule has 1 N–H and O–H groups in total. The van der Waals surface area contributed by atoms with Crippen molar-refractivity contribution in [3.63, 3.8) is 0 Å². The highest BCUT2D eigenvalue weighted by atomic mass is 32.1. The third kappa shape index (κ3) is 2.01. The first-order valence-electron chi connectivity index (χ1n) is 4.69. The van der Waals surface area contributed by atoms with E-state index in [2.05, 4.69) is 34.2 Å². The molecule has 2 heterocycles. The van der Waals surface area contributed by atoms with Crippen LogP contribution >= 0.6 is 11.3 Å². The fraction of sp³-hybridized carbons (Fsp3) is 0.400. The van der Waals surface area contributed by atoms with Gasteiger partial charge >= 0.3 is 0 Å². The van der Waals surface area contributed by atoms with E-state index in [0.717, 1.165) is 17.1 Å². The quantitative estimate of drug-likeness (QED) is 0.840. The SMILES string of the molecule is CC(C)Cc1csc(-c2cnc[nH]2)n1. The summed E-state index contributed by atoms with van der Waals surface area (Å²) < 4.78 is 0. The number of aromatic amines is 1. The summed E-state index contributed by atoms with van der Waals surface area (Å²) in [4.78, 5) is 11.6. The topological polar surface area (TPSA) is 41.6 Å². The molecular weight excluding hydrogens is 194 g/mol. The van der Waals surface area contributed by atoms with E-state index in [9.17, 15) is 0 Å². The van der Waals surface area contributed by atoms with Crippen LogP contribution in [0.1, 0.15) is 19.5 Å². The minimum atomic E-state index is 0.659. The predicted molar refractivity (Wildman–Crippen MR) is 58.2 cm³/mol. The van der Waals surface area contributed by atoms with Gasteiger partial charge in [0.2, 0.25) is 0 Å². The molecule has 0 aromatic carbocycles. The molecule has 0 aliphatic heterocycles. The van der Waals surface area contributed by atoms with Gasteiger partial charge in [0.25, 0.3) is 0 Å². The number of hydrogen-bond donors (Lipinski definition) is 1. The Morgan fingerprint density at radius 2 is 2.36 bits per heavy atom. The van der Waals surface area contributed by atoms with Crippen molar-refractivity contribution in [2.45, 2.75) is 20.3 Å². The number of nitrogens with zero attached hydrogens (tertiary/aromatic N) is 2. The first-order valence-corrected chi connectivity index (χ1v) is 5.57. The molecule has 0 amide bonds. The van der Waals surface area contributed by atoms with Gasteiger partial charge in [-0.1, -0.05) is 13.8 Å². The van der Waals surface area contributed by atoms with Crippen LogP contribution in [0.2, 0.25) is 0 Å². The van der Waals surface area contributed by atoms with E-state index < -0.39 is 0 Å². The first-order chi connectivity index (χ1) is 6.75. The molecule has 0 spiro atoms. The van der Waals surface area contributed by atoms with Gasteiger partial charge in [0.15, 0.2) is 0 Å². The van der Waals surface area contributed by atoms with Crippen molar-refractivity contribution >= 4 is 11.3 Å². The summed E-state index contributed by atoms with van der Waals surface area (Å²) in [6.07, 6.45) is 4.53. The zero-order valence-electron chi connectivity index (χ0n) is 8.32. The second kappa shape index (κ2) is 3.92. The standard InChI is InChI=1S/C10H13N3S/c1-7(2)3-8-5-14-10(13-8)9-4-11-6-12-9/h4-7H,3H2,1-2H3,(H,11,12). The largest absolute Gasteiger partial charge is 0.343 e. The number of thiazole rings is 1. The molecule has 0 aliphatic rings. The maximum Gasteiger partial charge on any atom is 0.141 e. The van der Waals surface area contributed by atoms with E-state index in [-0.39, 0.29) is 0 Å². The maximum atomic E-state index is 4.54. The Morgan fingerprint density at radius 3 is 3.00 bits per heavy atom. The summed E-state index contributed by atoms with van der Waals surface area (Å²) in [6, 6.07) is 0. The van der Waals surface area contributed by atoms with Crippen molar-refractivity contribution in [2.24, 2.45) is 5.92 Å². The zero-order valence-corrected chi connectivity index (χ0v) is 9.14. The lowest BCUT2D eigenvalue weighted by atomic mass is 10.1. The minimum absolute atomic E-state index is 0.659. The minimum Gasteiger partial charge on any atom is -0.343 e. The van der Waals surface area contributed by atoms with Crippen LogP contribution in [-0.2, 0) is 6.42 Å². The van der Waals surface area contributed by atoms with Crippen molar-refractivity contribution in [3.05, 3.63) is 23.6 Å². The Hall–Kier alpha value is -1.16. The molecule has 0 aliphatic carbocycles. The molecule has 0 unspecified atom stereocenters. The van der Waals surface area contributed by atoms with Gasteiger partial charge in [0, 0.05) is 5.38 Å². The van der Waals surface area contributed by atoms with Gasteiger partial charge in [-0.25, -0.2) is 9.97 Å². The van der Waals surface area contributed by atoms with Gasteiger partial charge in [0.1, 0.15) is 5.01 Å². The number of aromatic nitrogens is 3. The molecule has 0 radical (unpaired) electrons. The summed E-state index contributed by atoms with van der Waals surface area (Å²) in [7, 11) is 0. The van der Waals surface area contributed by atoms with Crippen LogP contribution in [0.25, 0.3) is 10.7 Å². The highest BCUT2D eigenvalue weighted by Crippen LogP contribution is 2.22. The Kier molecular flexibility index (Phi) is 2.63. The summed E-state index contributed by atoms with van der Waals surface area (Å²) in [5.41, 5.74) is 2.18. The van der Waals surface area contributed by atoms with Crippen LogP contribution in [0, 0.1) is 5.92 Å². The monoisotopic (exact) mass is 207 g/mol. The Bertz CT molecular complexity index is 389. The van der Waals surface area contributed by atoms with Gasteiger partial charge in [-0.2, -0.15) is 0 Å². The lowest BCUT2D eigenvalue weighted by molar-refractivity contribution is 0.638. The number of rotatable bonds is 3. The Balaban J connectivity index is 2.18. The highest BCUT2D eigenvalue weighted by Gasteiger charge is 2.06. The third-order valence-electron chi connectivity index (χ3n) is 1.90. The van der Waals surface area contributed by atoms with Gasteiger partial charge in [-0.15, -0.1) is 11.3 Å². The second-order valence-electron chi connectivity index (χ2n) is 3.71. The van der Waals surface area contributed by atoms with Crippen molar-refractivity contribution in [2.75, 3.05) is 0 Å². The first kappa shape index (κ1) is 9.40. The molecule has 2 aromatic heterocycles. The summed E-state index contributed by atoms with van der Waals surface area (Å²) in [6.45, 7) is 4.41. The summed E-state index contributed by atoms with van der Waals surface area (Å²) in [5.74, 6) is 0.659. The molecule has 0 bridgehead atoms. The van der Waals surface area contributed by atoms with E-state index in [1.54, 1.807) is 23.9 Å². The molecule has 0 saturated heterocycles. The number of hydrogen-bond acceptors (Lipinski definition) is 3. The molecule has 2 aromatic rings. The summed E-state index contributed by atoms with van der Waals surface area (Å²) >= 11 is 1.67. The third-order valence-corrected chi connectivity index (χ3v) is 2.82. The van der Waals surface area contributed by atoms with E-state index in [0.29, 0.717) is 5.92 Å². The van der Waals surface area contributed by atoms with Gasteiger partial charge < -0.3 is 4.98 Å². The fourth-order valence-corrected chi connectivity index (χ4v) is 2.12. The zero-order chi connectivity index (χ0) is 9.97. The molecule has 0 atom stereocenters. The normalized spacial score (nSPS) is 11.1. The summed E-state index contributed by atoms with van der Waals surface area (Å²) in [5, 5.41) is 3.15. The Labute approximate surface area is 87.2 Å². The Morgan fingerprint density at radius 1 is 1.50 bits per heavy atom. The van der Waals surface area contributed by atoms with Crippen LogP contribution in [-0.4, -0.2) is 15.0 Å². The van der Waals surface area contributed by atoms with E-state index in [4.69, 9.17) is 0 Å². The molecule has 3 nitrogen and oxygen atoms in total. The lowest BCUT2D eigenvalue weighted by Crippen LogP contribution is -1.93. The maximum absolute atomic E-state index is 4.54. The second-order valence-corrected chi connectivity index (χ2v) is 4.57. The lowest BCUT2D eigenvalue weighted by Gasteiger charge is -1.98. The molecule has 2 rings (SSSR count). The van der Waals surface area contributed by atoms with Gasteiger partial charge in [-0.05, 0) is 12.3 Å². The molecule has 74 valence electrons. The van der Waals surface area contributed by atoms with Crippen LogP contribution in [0.3, 0.4) is 0 Å². The van der Waals surface area contributed by atoms with Crippen LogP contribution in [0.4, 0.5) is 0 Å². The highest BCUT2D eigenvalue weighted by molar-refractivity contribution is 7.13. The smallest absolute Gasteiger partial charge is 0.141 e. The molecule has 14 heavy (non-hydrogen) atoms. The van der Waals surface area contributed by atoms with Crippen molar-refractivity contribution < 1.29 is 0 Å². The van der Waals surface area contributed by atoms with Crippen molar-refractivity contribution in [1.29, 1.82) is 0 Å². The molecule has 0 fully saturated rings. The number of H-pyrrole nitrogens is 1. The molecule has 4 heteroatoms. The van der Waals surface area contributed by atoms with E-state index >= 15 is 0 Å². The van der Waals surface area contributed by atoms with E-state index in [1.807, 2.05) is 0 Å². The van der Waals surface area contributed by atoms with Crippen molar-refractivity contribution in [1.82, 2.24) is 15.0 Å². The fourth-order valence-electron chi connectivity index (χ4n) is 1.32. The van der Waals surface area contributed by atoms with Crippen LogP contribution in [0.15, 0.2) is 17.9 Å². The molecule has 0 saturated carbocycles. The number of nitrogens with one attached hydrogen (secondary N) is 1. The molecular formula is C10H13N3S. The van der Waals surface area contributed by atoms with Crippen LogP contribution < -0.4 is 0 Å². The average Bonchev–Trinajstić information content (AvgIpc) is 2.69. The van der Waals surface area contributed by atoms with Gasteiger partial charge in [-0.3, -0.25) is 0 Å². The predicted octanol–water partition coefficient (Wildman–Crippen LogP) is 2.73. The van der Waals surface area contributed by atoms with Crippen LogP contribution in [0.5, 0.6) is 0 Å². The van der Waals surface area contributed by atoms with Crippen molar-refractivity contribution in [3.8, 4) is 10.7 Å². The van der Waals surface area contributed by atoms with Gasteiger partial charge in [0.05, 0.1) is 23.9 Å².